The molecule has 86 valence electrons. The zero-order valence-corrected chi connectivity index (χ0v) is 12.6. The maximum atomic E-state index is 8.62. The predicted octanol–water partition coefficient (Wildman–Crippen LogP) is 4.52. The van der Waals surface area contributed by atoms with Crippen LogP contribution in [0.1, 0.15) is 5.56 Å². The van der Waals surface area contributed by atoms with Crippen LogP contribution in [0.2, 0.25) is 5.02 Å². The molecule has 0 aromatic heterocycles. The van der Waals surface area contributed by atoms with Crippen molar-refractivity contribution in [2.45, 2.75) is 6.92 Å². The minimum absolute atomic E-state index is 0.00431. The molecule has 17 heavy (non-hydrogen) atoms. The third-order valence-corrected chi connectivity index (χ3v) is 3.97. The van der Waals surface area contributed by atoms with Crippen molar-refractivity contribution in [1.82, 2.24) is 0 Å². The largest absolute Gasteiger partial charge is 0.359 e. The fourth-order valence-corrected chi connectivity index (χ4v) is 2.75. The van der Waals surface area contributed by atoms with Crippen molar-refractivity contribution >= 4 is 49.1 Å². The van der Waals surface area contributed by atoms with Gasteiger partial charge in [-0.3, -0.25) is 0 Å². The summed E-state index contributed by atoms with van der Waals surface area (Å²) < 4.78 is 1.57. The molecule has 0 saturated carbocycles. The van der Waals surface area contributed by atoms with E-state index in [1.54, 1.807) is 18.2 Å². The van der Waals surface area contributed by atoms with E-state index in [1.165, 1.54) is 6.20 Å². The highest BCUT2D eigenvalue weighted by Crippen LogP contribution is 2.37. The summed E-state index contributed by atoms with van der Waals surface area (Å²) in [4.78, 5) is 0. The van der Waals surface area contributed by atoms with Gasteiger partial charge in [0, 0.05) is 15.1 Å². The van der Waals surface area contributed by atoms with Gasteiger partial charge in [-0.25, -0.2) is 0 Å². The van der Waals surface area contributed by atoms with E-state index in [0.29, 0.717) is 5.02 Å². The van der Waals surface area contributed by atoms with Crippen LogP contribution in [0.25, 0.3) is 0 Å². The summed E-state index contributed by atoms with van der Waals surface area (Å²) in [6.45, 7) is 1.84. The first kappa shape index (κ1) is 14.1. The molecule has 0 aliphatic rings. The Bertz CT molecular complexity index is 552. The van der Waals surface area contributed by atoms with Crippen molar-refractivity contribution in [2.24, 2.45) is 0 Å². The van der Waals surface area contributed by atoms with Crippen molar-refractivity contribution in [3.63, 3.8) is 0 Å². The molecule has 1 aromatic carbocycles. The minimum Gasteiger partial charge on any atom is -0.359 e. The van der Waals surface area contributed by atoms with Crippen LogP contribution in [-0.2, 0) is 0 Å². The zero-order chi connectivity index (χ0) is 13.0. The molecule has 1 aromatic rings. The lowest BCUT2D eigenvalue weighted by molar-refractivity contribution is 1.38. The molecule has 0 bridgehead atoms. The Labute approximate surface area is 121 Å². The van der Waals surface area contributed by atoms with E-state index >= 15 is 0 Å². The average Bonchev–Trinajstić information content (AvgIpc) is 2.31. The maximum Gasteiger partial charge on any atom is 0.145 e. The van der Waals surface area contributed by atoms with Crippen LogP contribution < -0.4 is 5.32 Å². The number of halogens is 3. The van der Waals surface area contributed by atoms with E-state index < -0.39 is 0 Å². The highest BCUT2D eigenvalue weighted by molar-refractivity contribution is 9.11. The smallest absolute Gasteiger partial charge is 0.145 e. The summed E-state index contributed by atoms with van der Waals surface area (Å²) in [6, 6.07) is 5.33. The number of nitrogens with one attached hydrogen (secondary N) is 1. The third-order valence-electron chi connectivity index (χ3n) is 2.01. The summed E-state index contributed by atoms with van der Waals surface area (Å²) in [7, 11) is 0. The summed E-state index contributed by atoms with van der Waals surface area (Å²) in [5.74, 6) is 0. The Kier molecular flexibility index (Phi) is 5.02. The second kappa shape index (κ2) is 6.07. The molecule has 0 unspecified atom stereocenters. The summed E-state index contributed by atoms with van der Waals surface area (Å²) >= 11 is 12.8. The fraction of sp³-hybridized carbons (Fsp3) is 0.0909. The lowest BCUT2D eigenvalue weighted by Gasteiger charge is -2.11. The maximum absolute atomic E-state index is 8.62. The van der Waals surface area contributed by atoms with Gasteiger partial charge in [0.25, 0.3) is 0 Å². The monoisotopic (exact) mass is 373 g/mol. The van der Waals surface area contributed by atoms with Gasteiger partial charge in [-0.05, 0) is 50.4 Å². The van der Waals surface area contributed by atoms with Gasteiger partial charge in [0.1, 0.15) is 17.7 Å². The molecule has 0 heterocycles. The van der Waals surface area contributed by atoms with Crippen molar-refractivity contribution in [2.75, 3.05) is 5.32 Å². The van der Waals surface area contributed by atoms with E-state index in [0.717, 1.165) is 20.2 Å². The van der Waals surface area contributed by atoms with Crippen molar-refractivity contribution in [1.29, 1.82) is 10.5 Å². The normalized spacial score (nSPS) is 9.06. The van der Waals surface area contributed by atoms with Crippen LogP contribution in [-0.4, -0.2) is 0 Å². The number of benzene rings is 1. The van der Waals surface area contributed by atoms with E-state index in [1.807, 2.05) is 6.92 Å². The summed E-state index contributed by atoms with van der Waals surface area (Å²) in [6.07, 6.45) is 1.34. The molecule has 0 spiro atoms. The number of anilines is 1. The van der Waals surface area contributed by atoms with Gasteiger partial charge < -0.3 is 5.32 Å². The van der Waals surface area contributed by atoms with E-state index in [2.05, 4.69) is 37.2 Å². The van der Waals surface area contributed by atoms with Crippen LogP contribution in [0.4, 0.5) is 5.69 Å². The number of hydrogen-bond donors (Lipinski definition) is 1. The van der Waals surface area contributed by atoms with Crippen LogP contribution in [0, 0.1) is 29.6 Å². The summed E-state index contributed by atoms with van der Waals surface area (Å²) in [5, 5.41) is 20.7. The van der Waals surface area contributed by atoms with Crippen LogP contribution in [0.5, 0.6) is 0 Å². The molecule has 0 radical (unpaired) electrons. The van der Waals surface area contributed by atoms with Crippen LogP contribution in [0.3, 0.4) is 0 Å². The number of allylic oxidation sites excluding steroid dienone is 1. The average molecular weight is 375 g/mol. The van der Waals surface area contributed by atoms with Gasteiger partial charge in [-0.2, -0.15) is 10.5 Å². The van der Waals surface area contributed by atoms with Crippen molar-refractivity contribution < 1.29 is 0 Å². The summed E-state index contributed by atoms with van der Waals surface area (Å²) in [5.41, 5.74) is 1.54. The molecular formula is C11H6Br2ClN3. The fourth-order valence-electron chi connectivity index (χ4n) is 1.13. The molecule has 0 amide bonds. The molecule has 0 fully saturated rings. The molecular weight excluding hydrogens is 369 g/mol. The second-order valence-corrected chi connectivity index (χ2v) is 5.17. The Morgan fingerprint density at radius 2 is 1.94 bits per heavy atom. The van der Waals surface area contributed by atoms with Crippen LogP contribution >= 0.6 is 43.5 Å². The van der Waals surface area contributed by atoms with Crippen molar-refractivity contribution in [3.05, 3.63) is 37.4 Å². The standard InChI is InChI=1S/C11H6Br2ClN3/c1-6-10(14)8(12)2-9(13)11(6)17-5-7(3-15)4-16/h2,5,17H,1H3. The van der Waals surface area contributed by atoms with Gasteiger partial charge in [-0.1, -0.05) is 11.6 Å². The minimum atomic E-state index is -0.00431. The number of nitrogens with zero attached hydrogens (tertiary/aromatic N) is 2. The first-order valence-corrected chi connectivity index (χ1v) is 6.38. The van der Waals surface area contributed by atoms with E-state index in [4.69, 9.17) is 22.1 Å². The van der Waals surface area contributed by atoms with Crippen molar-refractivity contribution in [3.8, 4) is 12.1 Å². The molecule has 6 heteroatoms. The Morgan fingerprint density at radius 1 is 1.35 bits per heavy atom. The number of hydrogen-bond acceptors (Lipinski definition) is 3. The molecule has 3 nitrogen and oxygen atoms in total. The molecule has 0 aliphatic heterocycles. The Morgan fingerprint density at radius 3 is 2.47 bits per heavy atom. The lowest BCUT2D eigenvalue weighted by atomic mass is 10.2. The van der Waals surface area contributed by atoms with Gasteiger partial charge in [0.2, 0.25) is 0 Å². The number of nitriles is 2. The molecule has 0 atom stereocenters. The van der Waals surface area contributed by atoms with E-state index in [9.17, 15) is 0 Å². The SMILES string of the molecule is Cc1c(Cl)c(Br)cc(Br)c1NC=C(C#N)C#N. The Hall–Kier alpha value is -1.01. The first-order chi connectivity index (χ1) is 8.01. The van der Waals surface area contributed by atoms with Gasteiger partial charge in [0.15, 0.2) is 0 Å². The van der Waals surface area contributed by atoms with Crippen LogP contribution in [0.15, 0.2) is 26.8 Å². The quantitative estimate of drug-likeness (QED) is 0.611. The lowest BCUT2D eigenvalue weighted by Crippen LogP contribution is -1.95. The van der Waals surface area contributed by atoms with E-state index in [-0.39, 0.29) is 5.57 Å². The molecule has 0 aliphatic carbocycles. The second-order valence-electron chi connectivity index (χ2n) is 3.08. The molecule has 1 N–H and O–H groups in total. The topological polar surface area (TPSA) is 59.6 Å². The Balaban J connectivity index is 3.18. The zero-order valence-electron chi connectivity index (χ0n) is 8.68. The first-order valence-electron chi connectivity index (χ1n) is 4.42. The van der Waals surface area contributed by atoms with Gasteiger partial charge in [-0.15, -0.1) is 0 Å². The highest BCUT2D eigenvalue weighted by Gasteiger charge is 2.10. The number of rotatable bonds is 2. The van der Waals surface area contributed by atoms with Gasteiger partial charge in [0.05, 0.1) is 10.7 Å². The molecule has 0 saturated heterocycles. The third kappa shape index (κ3) is 3.23. The highest BCUT2D eigenvalue weighted by atomic mass is 79.9. The predicted molar refractivity (Wildman–Crippen MR) is 74.5 cm³/mol. The van der Waals surface area contributed by atoms with Gasteiger partial charge >= 0.3 is 0 Å². The molecule has 1 rings (SSSR count).